The molecule has 0 saturated heterocycles. The molecule has 0 atom stereocenters. The Morgan fingerprint density at radius 1 is 0.905 bits per heavy atom. The first-order valence-electron chi connectivity index (χ1n) is 5.78. The highest BCUT2D eigenvalue weighted by atomic mass is 32.3. The zero-order chi connectivity index (χ0) is 16.9. The van der Waals surface area contributed by atoms with Crippen LogP contribution in [0, 0.1) is 0 Å². The Balaban J connectivity index is 0. The summed E-state index contributed by atoms with van der Waals surface area (Å²) >= 11 is 0. The van der Waals surface area contributed by atoms with Crippen LogP contribution in [-0.2, 0) is 24.1 Å². The van der Waals surface area contributed by atoms with Gasteiger partial charge in [0.1, 0.15) is 0 Å². The summed E-state index contributed by atoms with van der Waals surface area (Å²) < 4.78 is 51.7. The maximum atomic E-state index is 10.4. The SMILES string of the molecule is NCCS(=O)(=O)OS(=O)(=O)O.OCCN(CCO)CCO. The first kappa shape index (κ1) is 22.9. The Morgan fingerprint density at radius 3 is 1.52 bits per heavy atom. The van der Waals surface area contributed by atoms with E-state index < -0.39 is 26.3 Å². The second kappa shape index (κ2) is 12.2. The quantitative estimate of drug-likeness (QED) is 0.243. The summed E-state index contributed by atoms with van der Waals surface area (Å²) in [7, 11) is -9.20. The van der Waals surface area contributed by atoms with Crippen LogP contribution in [0.1, 0.15) is 0 Å². The van der Waals surface area contributed by atoms with E-state index in [0.29, 0.717) is 19.6 Å². The number of rotatable bonds is 10. The number of nitrogens with two attached hydrogens (primary N) is 1. The minimum atomic E-state index is -4.95. The van der Waals surface area contributed by atoms with Gasteiger partial charge >= 0.3 is 10.4 Å². The largest absolute Gasteiger partial charge is 0.412 e. The van der Waals surface area contributed by atoms with Crippen LogP contribution in [0.4, 0.5) is 0 Å². The Hall–Kier alpha value is -0.380. The van der Waals surface area contributed by atoms with Crippen LogP contribution in [0.25, 0.3) is 0 Å². The van der Waals surface area contributed by atoms with Crippen LogP contribution in [-0.4, -0.2) is 93.4 Å². The maximum Gasteiger partial charge on any atom is 0.412 e. The van der Waals surface area contributed by atoms with Crippen LogP contribution in [0.2, 0.25) is 0 Å². The van der Waals surface area contributed by atoms with Gasteiger partial charge in [-0.05, 0) is 0 Å². The minimum Gasteiger partial charge on any atom is -0.395 e. The fourth-order valence-electron chi connectivity index (χ4n) is 1.07. The molecule has 0 amide bonds. The summed E-state index contributed by atoms with van der Waals surface area (Å²) in [5, 5.41) is 25.5. The monoisotopic (exact) mass is 354 g/mol. The van der Waals surface area contributed by atoms with E-state index in [1.807, 2.05) is 0 Å². The van der Waals surface area contributed by atoms with Gasteiger partial charge in [-0.25, -0.2) is 0 Å². The molecular weight excluding hydrogens is 332 g/mol. The van der Waals surface area contributed by atoms with Gasteiger partial charge in [0.15, 0.2) is 0 Å². The Labute approximate surface area is 124 Å². The average molecular weight is 354 g/mol. The Kier molecular flexibility index (Phi) is 13.3. The van der Waals surface area contributed by atoms with Crippen molar-refractivity contribution in [1.82, 2.24) is 4.90 Å². The highest BCUT2D eigenvalue weighted by Crippen LogP contribution is 1.96. The zero-order valence-corrected chi connectivity index (χ0v) is 13.0. The predicted octanol–water partition coefficient (Wildman–Crippen LogP) is -3.64. The highest BCUT2D eigenvalue weighted by molar-refractivity contribution is 7.97. The summed E-state index contributed by atoms with van der Waals surface area (Å²) in [6, 6.07) is 0. The molecule has 0 aromatic carbocycles. The van der Waals surface area contributed by atoms with Gasteiger partial charge in [-0.3, -0.25) is 9.45 Å². The molecule has 0 unspecified atom stereocenters. The van der Waals surface area contributed by atoms with Gasteiger partial charge in [0.2, 0.25) is 0 Å². The van der Waals surface area contributed by atoms with Crippen molar-refractivity contribution < 1.29 is 40.3 Å². The topological polar surface area (TPSA) is 188 Å². The fraction of sp³-hybridized carbons (Fsp3) is 1.00. The summed E-state index contributed by atoms with van der Waals surface area (Å²) in [6.45, 7) is 1.47. The molecule has 0 saturated carbocycles. The normalized spacial score (nSPS) is 12.1. The number of hydrogen-bond donors (Lipinski definition) is 5. The van der Waals surface area contributed by atoms with Crippen molar-refractivity contribution in [2.24, 2.45) is 5.73 Å². The van der Waals surface area contributed by atoms with Crippen LogP contribution < -0.4 is 5.73 Å². The molecule has 130 valence electrons. The molecule has 0 aromatic rings. The zero-order valence-electron chi connectivity index (χ0n) is 11.3. The third kappa shape index (κ3) is 17.6. The first-order valence-corrected chi connectivity index (χ1v) is 8.72. The molecular formula is C8H22N2O9S2. The van der Waals surface area contributed by atoms with E-state index in [2.05, 4.69) is 3.63 Å². The third-order valence-corrected chi connectivity index (χ3v) is 4.06. The summed E-state index contributed by atoms with van der Waals surface area (Å²) in [6.07, 6.45) is 0. The molecule has 0 spiro atoms. The van der Waals surface area contributed by atoms with Crippen molar-refractivity contribution in [3.05, 3.63) is 0 Å². The molecule has 13 heteroatoms. The van der Waals surface area contributed by atoms with Crippen LogP contribution in [0.3, 0.4) is 0 Å². The molecule has 0 aromatic heterocycles. The standard InChI is InChI=1S/C6H15NO3.C2H7NO6S2/c8-4-1-7(2-5-9)3-6-10;3-1-2-10(4,5)9-11(6,7)8/h8-10H,1-6H2;1-3H2,(H,6,7,8). The summed E-state index contributed by atoms with van der Waals surface area (Å²) in [5.41, 5.74) is 4.80. The fourth-order valence-corrected chi connectivity index (χ4v) is 2.68. The predicted molar refractivity (Wildman–Crippen MR) is 73.2 cm³/mol. The van der Waals surface area contributed by atoms with Crippen molar-refractivity contribution in [2.45, 2.75) is 0 Å². The number of aliphatic hydroxyl groups excluding tert-OH is 3. The number of nitrogens with zero attached hydrogens (tertiary/aromatic N) is 1. The van der Waals surface area contributed by atoms with E-state index in [0.717, 1.165) is 0 Å². The lowest BCUT2D eigenvalue weighted by molar-refractivity contribution is 0.136. The van der Waals surface area contributed by atoms with Crippen molar-refractivity contribution in [3.8, 4) is 0 Å². The Bertz CT molecular complexity index is 422. The van der Waals surface area contributed by atoms with E-state index in [-0.39, 0.29) is 26.4 Å². The molecule has 0 bridgehead atoms. The van der Waals surface area contributed by atoms with Crippen molar-refractivity contribution >= 4 is 20.5 Å². The van der Waals surface area contributed by atoms with Gasteiger partial charge in [-0.2, -0.15) is 16.8 Å². The molecule has 0 aliphatic carbocycles. The van der Waals surface area contributed by atoms with Gasteiger partial charge in [-0.15, -0.1) is 3.63 Å². The minimum absolute atomic E-state index is 0.0694. The lowest BCUT2D eigenvalue weighted by Crippen LogP contribution is -2.32. The van der Waals surface area contributed by atoms with E-state index >= 15 is 0 Å². The van der Waals surface area contributed by atoms with Crippen LogP contribution in [0.15, 0.2) is 0 Å². The molecule has 21 heavy (non-hydrogen) atoms. The van der Waals surface area contributed by atoms with Crippen LogP contribution in [0.5, 0.6) is 0 Å². The van der Waals surface area contributed by atoms with Crippen molar-refractivity contribution in [1.29, 1.82) is 0 Å². The molecule has 6 N–H and O–H groups in total. The maximum absolute atomic E-state index is 10.4. The van der Waals surface area contributed by atoms with E-state index in [1.165, 1.54) is 0 Å². The van der Waals surface area contributed by atoms with Gasteiger partial charge in [0, 0.05) is 26.2 Å². The Morgan fingerprint density at radius 2 is 1.29 bits per heavy atom. The second-order valence-corrected chi connectivity index (χ2v) is 6.48. The molecule has 0 radical (unpaired) electrons. The third-order valence-electron chi connectivity index (χ3n) is 1.81. The molecule has 0 aliphatic heterocycles. The first-order chi connectivity index (χ1) is 9.61. The molecule has 0 heterocycles. The van der Waals surface area contributed by atoms with Gasteiger partial charge < -0.3 is 21.1 Å². The van der Waals surface area contributed by atoms with Gasteiger partial charge in [0.05, 0.1) is 25.6 Å². The van der Waals surface area contributed by atoms with Crippen LogP contribution >= 0.6 is 0 Å². The van der Waals surface area contributed by atoms with E-state index in [1.54, 1.807) is 4.90 Å². The van der Waals surface area contributed by atoms with E-state index in [4.69, 9.17) is 25.6 Å². The highest BCUT2D eigenvalue weighted by Gasteiger charge is 2.18. The van der Waals surface area contributed by atoms with E-state index in [9.17, 15) is 16.8 Å². The molecule has 0 fully saturated rings. The van der Waals surface area contributed by atoms with Gasteiger partial charge in [-0.1, -0.05) is 0 Å². The van der Waals surface area contributed by atoms with Crippen molar-refractivity contribution in [3.63, 3.8) is 0 Å². The van der Waals surface area contributed by atoms with Gasteiger partial charge in [0.25, 0.3) is 10.1 Å². The average Bonchev–Trinajstić information content (AvgIpc) is 2.27. The summed E-state index contributed by atoms with van der Waals surface area (Å²) in [4.78, 5) is 1.79. The number of aliphatic hydroxyl groups is 3. The lowest BCUT2D eigenvalue weighted by atomic mass is 10.4. The smallest absolute Gasteiger partial charge is 0.395 e. The van der Waals surface area contributed by atoms with Crippen molar-refractivity contribution in [2.75, 3.05) is 51.8 Å². The lowest BCUT2D eigenvalue weighted by Gasteiger charge is -2.17. The molecule has 11 nitrogen and oxygen atoms in total. The number of hydrogen-bond acceptors (Lipinski definition) is 10. The molecule has 0 aliphatic rings. The second-order valence-electron chi connectivity index (χ2n) is 3.56. The summed E-state index contributed by atoms with van der Waals surface area (Å²) in [5.74, 6) is -0.660. The molecule has 0 rings (SSSR count).